The van der Waals surface area contributed by atoms with Gasteiger partial charge in [0.2, 0.25) is 0 Å². The van der Waals surface area contributed by atoms with Crippen molar-refractivity contribution in [2.45, 2.75) is 26.9 Å². The number of aliphatic hydroxyl groups is 1. The maximum Gasteiger partial charge on any atom is 0.0770 e. The Balaban J connectivity index is 0. The van der Waals surface area contributed by atoms with Gasteiger partial charge in [0, 0.05) is 7.11 Å². The Morgan fingerprint density at radius 2 is 2.12 bits per heavy atom. The first-order chi connectivity index (χ1) is 3.31. The van der Waals surface area contributed by atoms with Gasteiger partial charge in [-0.3, -0.25) is 0 Å². The first-order valence-electron chi connectivity index (χ1n) is 2.48. The molecule has 0 rings (SSSR count). The van der Waals surface area contributed by atoms with Crippen molar-refractivity contribution in [1.29, 1.82) is 0 Å². The first-order valence-corrected chi connectivity index (χ1v) is 2.48. The summed E-state index contributed by atoms with van der Waals surface area (Å²) in [5, 5.41) is 8.73. The van der Waals surface area contributed by atoms with Crippen molar-refractivity contribution in [3.63, 3.8) is 0 Å². The summed E-state index contributed by atoms with van der Waals surface area (Å²) >= 11 is 0. The van der Waals surface area contributed by atoms with E-state index >= 15 is 0 Å². The first kappa shape index (κ1) is 10.8. The number of aliphatic hydroxyl groups excluding tert-OH is 1. The lowest BCUT2D eigenvalue weighted by atomic mass is 10.3. The molecule has 0 saturated carbocycles. The molecule has 0 amide bonds. The molecule has 0 bridgehead atoms. The molecule has 0 aliphatic heterocycles. The second kappa shape index (κ2) is 6.92. The highest BCUT2D eigenvalue weighted by Crippen LogP contribution is 1.87. The molecule has 0 fully saturated rings. The number of methoxy groups -OCH3 is 1. The second-order valence-corrected chi connectivity index (χ2v) is 1.52. The van der Waals surface area contributed by atoms with Crippen LogP contribution in [0, 0.1) is 0 Å². The van der Waals surface area contributed by atoms with Gasteiger partial charge in [-0.1, -0.05) is 14.4 Å². The molecule has 2 nitrogen and oxygen atoms in total. The van der Waals surface area contributed by atoms with Crippen molar-refractivity contribution in [3.05, 3.63) is 0 Å². The second-order valence-electron chi connectivity index (χ2n) is 1.52. The Morgan fingerprint density at radius 3 is 2.25 bits per heavy atom. The van der Waals surface area contributed by atoms with Crippen LogP contribution >= 0.6 is 0 Å². The van der Waals surface area contributed by atoms with E-state index in [0.29, 0.717) is 6.61 Å². The molecule has 0 aromatic rings. The van der Waals surface area contributed by atoms with Crippen LogP contribution in [0.4, 0.5) is 0 Å². The zero-order valence-electron chi connectivity index (χ0n) is 4.85. The molecule has 0 aliphatic carbocycles. The van der Waals surface area contributed by atoms with Crippen LogP contribution in [0.1, 0.15) is 20.8 Å². The monoisotopic (exact) mass is 120 g/mol. The largest absolute Gasteiger partial charge is 0.391 e. The number of rotatable bonds is 3. The summed E-state index contributed by atoms with van der Waals surface area (Å²) in [5.74, 6) is 0. The van der Waals surface area contributed by atoms with Gasteiger partial charge in [0.15, 0.2) is 0 Å². The van der Waals surface area contributed by atoms with E-state index in [2.05, 4.69) is 4.74 Å². The molecule has 1 unspecified atom stereocenters. The molecular formula is C6H16O2. The van der Waals surface area contributed by atoms with E-state index in [1.54, 1.807) is 7.11 Å². The Labute approximate surface area is 51.5 Å². The Hall–Kier alpha value is -0.0800. The third kappa shape index (κ3) is 5.92. The van der Waals surface area contributed by atoms with Gasteiger partial charge < -0.3 is 9.84 Å². The average molecular weight is 120 g/mol. The van der Waals surface area contributed by atoms with E-state index in [0.717, 1.165) is 6.42 Å². The van der Waals surface area contributed by atoms with Crippen LogP contribution < -0.4 is 0 Å². The fourth-order valence-corrected chi connectivity index (χ4v) is 0.310. The lowest BCUT2D eigenvalue weighted by Gasteiger charge is -2.02. The summed E-state index contributed by atoms with van der Waals surface area (Å²) < 4.78 is 4.64. The summed E-state index contributed by atoms with van der Waals surface area (Å²) in [6, 6.07) is 0. The van der Waals surface area contributed by atoms with E-state index in [-0.39, 0.29) is 13.5 Å². The van der Waals surface area contributed by atoms with Crippen molar-refractivity contribution < 1.29 is 9.84 Å². The van der Waals surface area contributed by atoms with Crippen LogP contribution in [0.25, 0.3) is 0 Å². The molecule has 1 atom stereocenters. The normalized spacial score (nSPS) is 12.4. The van der Waals surface area contributed by atoms with E-state index in [1.807, 2.05) is 6.92 Å². The van der Waals surface area contributed by atoms with Crippen LogP contribution in [-0.2, 0) is 4.74 Å². The predicted octanol–water partition coefficient (Wildman–Crippen LogP) is 1.04. The molecule has 1 N–H and O–H groups in total. The molecule has 2 heteroatoms. The highest BCUT2D eigenvalue weighted by atomic mass is 16.5. The smallest absolute Gasteiger partial charge is 0.0770 e. The third-order valence-corrected chi connectivity index (χ3v) is 0.830. The third-order valence-electron chi connectivity index (χ3n) is 0.830. The minimum atomic E-state index is -0.273. The topological polar surface area (TPSA) is 29.5 Å². The van der Waals surface area contributed by atoms with Gasteiger partial charge >= 0.3 is 0 Å². The Kier molecular flexibility index (Phi) is 9.36. The standard InChI is InChI=1S/C5H12O2.CH4/c1-3-5(6)4-7-2;/h5-6H,3-4H2,1-2H3;1H4. The SMILES string of the molecule is C.CCC(O)COC. The fraction of sp³-hybridized carbons (Fsp3) is 1.00. The highest BCUT2D eigenvalue weighted by Gasteiger charge is 1.95. The van der Waals surface area contributed by atoms with Crippen molar-refractivity contribution in [3.8, 4) is 0 Å². The van der Waals surface area contributed by atoms with Crippen molar-refractivity contribution in [1.82, 2.24) is 0 Å². The molecule has 0 aliphatic rings. The predicted molar refractivity (Wildman–Crippen MR) is 34.9 cm³/mol. The quantitative estimate of drug-likeness (QED) is 0.603. The van der Waals surface area contributed by atoms with Gasteiger partial charge in [-0.15, -0.1) is 0 Å². The van der Waals surface area contributed by atoms with Gasteiger partial charge in [-0.2, -0.15) is 0 Å². The molecule has 0 radical (unpaired) electrons. The lowest BCUT2D eigenvalue weighted by molar-refractivity contribution is 0.0625. The number of ether oxygens (including phenoxy) is 1. The Morgan fingerprint density at radius 1 is 1.62 bits per heavy atom. The number of hydrogen-bond acceptors (Lipinski definition) is 2. The van der Waals surface area contributed by atoms with E-state index in [1.165, 1.54) is 0 Å². The zero-order valence-corrected chi connectivity index (χ0v) is 4.85. The molecule has 8 heavy (non-hydrogen) atoms. The fourth-order valence-electron chi connectivity index (χ4n) is 0.310. The van der Waals surface area contributed by atoms with Crippen LogP contribution in [0.15, 0.2) is 0 Å². The molecule has 0 aromatic heterocycles. The number of hydrogen-bond donors (Lipinski definition) is 1. The molecule has 0 spiro atoms. The summed E-state index contributed by atoms with van der Waals surface area (Å²) in [5.41, 5.74) is 0. The summed E-state index contributed by atoms with van der Waals surface area (Å²) in [6.45, 7) is 2.38. The van der Waals surface area contributed by atoms with Crippen LogP contribution in [0.3, 0.4) is 0 Å². The molecular weight excluding hydrogens is 104 g/mol. The molecule has 0 aromatic carbocycles. The minimum Gasteiger partial charge on any atom is -0.391 e. The maximum atomic E-state index is 8.73. The lowest BCUT2D eigenvalue weighted by Crippen LogP contribution is -2.11. The summed E-state index contributed by atoms with van der Waals surface area (Å²) in [7, 11) is 1.58. The molecule has 0 saturated heterocycles. The maximum absolute atomic E-state index is 8.73. The molecule has 0 heterocycles. The Bertz CT molecular complexity index is 37.5. The van der Waals surface area contributed by atoms with Gasteiger partial charge in [0.25, 0.3) is 0 Å². The highest BCUT2D eigenvalue weighted by molar-refractivity contribution is 4.45. The van der Waals surface area contributed by atoms with Crippen LogP contribution in [0.5, 0.6) is 0 Å². The van der Waals surface area contributed by atoms with Crippen LogP contribution in [-0.4, -0.2) is 24.9 Å². The van der Waals surface area contributed by atoms with Gasteiger partial charge in [0.05, 0.1) is 12.7 Å². The van der Waals surface area contributed by atoms with Gasteiger partial charge in [0.1, 0.15) is 0 Å². The van der Waals surface area contributed by atoms with Gasteiger partial charge in [-0.25, -0.2) is 0 Å². The van der Waals surface area contributed by atoms with E-state index < -0.39 is 0 Å². The van der Waals surface area contributed by atoms with Crippen LogP contribution in [0.2, 0.25) is 0 Å². The van der Waals surface area contributed by atoms with Crippen molar-refractivity contribution in [2.75, 3.05) is 13.7 Å². The summed E-state index contributed by atoms with van der Waals surface area (Å²) in [6.07, 6.45) is 0.499. The average Bonchev–Trinajstić information content (AvgIpc) is 1.68. The van der Waals surface area contributed by atoms with E-state index in [9.17, 15) is 0 Å². The van der Waals surface area contributed by atoms with Crippen molar-refractivity contribution in [2.24, 2.45) is 0 Å². The van der Waals surface area contributed by atoms with Crippen molar-refractivity contribution >= 4 is 0 Å². The van der Waals surface area contributed by atoms with Gasteiger partial charge in [-0.05, 0) is 6.42 Å². The minimum absolute atomic E-state index is 0. The zero-order chi connectivity index (χ0) is 5.70. The van der Waals surface area contributed by atoms with E-state index in [4.69, 9.17) is 5.11 Å². The summed E-state index contributed by atoms with van der Waals surface area (Å²) in [4.78, 5) is 0. The molecule has 52 valence electrons.